The van der Waals surface area contributed by atoms with E-state index in [9.17, 15) is 4.79 Å². The molecule has 4 nitrogen and oxygen atoms in total. The molecule has 0 radical (unpaired) electrons. The summed E-state index contributed by atoms with van der Waals surface area (Å²) >= 11 is 0. The van der Waals surface area contributed by atoms with Crippen molar-refractivity contribution in [1.82, 2.24) is 14.8 Å². The first-order chi connectivity index (χ1) is 8.18. The quantitative estimate of drug-likeness (QED) is 0.755. The lowest BCUT2D eigenvalue weighted by Gasteiger charge is -2.07. The molecule has 0 amide bonds. The van der Waals surface area contributed by atoms with Crippen LogP contribution in [0, 0.1) is 5.92 Å². The molecule has 1 heterocycles. The van der Waals surface area contributed by atoms with Crippen molar-refractivity contribution in [2.45, 2.75) is 20.4 Å². The number of aromatic nitrogens is 3. The molecule has 1 aromatic carbocycles. The standard InChI is InChI=1S/C13H15N3O/c1-10(2)12(17)13-15-14-9-16(13)8-11-6-4-3-5-7-11/h3-7,9-10H,8H2,1-2H3. The number of benzene rings is 1. The molecule has 0 N–H and O–H groups in total. The first-order valence-electron chi connectivity index (χ1n) is 5.64. The van der Waals surface area contributed by atoms with Gasteiger partial charge in [-0.2, -0.15) is 0 Å². The summed E-state index contributed by atoms with van der Waals surface area (Å²) in [6, 6.07) is 9.95. The van der Waals surface area contributed by atoms with Gasteiger partial charge in [-0.05, 0) is 5.56 Å². The predicted octanol–water partition coefficient (Wildman–Crippen LogP) is 2.17. The van der Waals surface area contributed by atoms with Crippen molar-refractivity contribution in [1.29, 1.82) is 0 Å². The molecule has 0 atom stereocenters. The molecule has 1 aromatic heterocycles. The molecule has 2 rings (SSSR count). The second-order valence-electron chi connectivity index (χ2n) is 4.29. The lowest BCUT2D eigenvalue weighted by atomic mass is 10.1. The van der Waals surface area contributed by atoms with Gasteiger partial charge in [-0.15, -0.1) is 10.2 Å². The van der Waals surface area contributed by atoms with Gasteiger partial charge in [-0.3, -0.25) is 4.79 Å². The van der Waals surface area contributed by atoms with Gasteiger partial charge in [0.05, 0.1) is 6.54 Å². The minimum atomic E-state index is -0.0614. The van der Waals surface area contributed by atoms with Gasteiger partial charge in [-0.25, -0.2) is 0 Å². The van der Waals surface area contributed by atoms with E-state index < -0.39 is 0 Å². The molecular formula is C13H15N3O. The summed E-state index contributed by atoms with van der Waals surface area (Å²) in [5.74, 6) is 0.399. The third kappa shape index (κ3) is 2.58. The van der Waals surface area contributed by atoms with Gasteiger partial charge in [-0.1, -0.05) is 44.2 Å². The van der Waals surface area contributed by atoms with Crippen molar-refractivity contribution in [2.75, 3.05) is 0 Å². The van der Waals surface area contributed by atoms with Crippen LogP contribution in [-0.4, -0.2) is 20.5 Å². The van der Waals surface area contributed by atoms with Gasteiger partial charge in [0.1, 0.15) is 6.33 Å². The fourth-order valence-corrected chi connectivity index (χ4v) is 1.60. The number of hydrogen-bond acceptors (Lipinski definition) is 3. The minimum Gasteiger partial charge on any atom is -0.307 e. The van der Waals surface area contributed by atoms with Gasteiger partial charge in [0.25, 0.3) is 0 Å². The highest BCUT2D eigenvalue weighted by Crippen LogP contribution is 2.08. The largest absolute Gasteiger partial charge is 0.307 e. The normalized spacial score (nSPS) is 10.8. The van der Waals surface area contributed by atoms with Crippen LogP contribution in [0.3, 0.4) is 0 Å². The highest BCUT2D eigenvalue weighted by atomic mass is 16.1. The van der Waals surface area contributed by atoms with E-state index in [0.717, 1.165) is 5.56 Å². The summed E-state index contributed by atoms with van der Waals surface area (Å²) in [4.78, 5) is 11.9. The molecule has 0 bridgehead atoms. The molecule has 0 spiro atoms. The molecule has 2 aromatic rings. The number of Topliss-reactive ketones (excluding diaryl/α,β-unsaturated/α-hetero) is 1. The molecular weight excluding hydrogens is 214 g/mol. The molecule has 88 valence electrons. The Morgan fingerprint density at radius 1 is 1.29 bits per heavy atom. The minimum absolute atomic E-state index is 0.0263. The zero-order valence-electron chi connectivity index (χ0n) is 10.00. The van der Waals surface area contributed by atoms with E-state index in [1.807, 2.05) is 44.2 Å². The number of rotatable bonds is 4. The maximum Gasteiger partial charge on any atom is 0.202 e. The van der Waals surface area contributed by atoms with Gasteiger partial charge in [0.15, 0.2) is 0 Å². The molecule has 0 unspecified atom stereocenters. The van der Waals surface area contributed by atoms with Crippen LogP contribution < -0.4 is 0 Å². The topological polar surface area (TPSA) is 47.8 Å². The Morgan fingerprint density at radius 2 is 2.00 bits per heavy atom. The third-order valence-corrected chi connectivity index (χ3v) is 2.56. The summed E-state index contributed by atoms with van der Waals surface area (Å²) in [5, 5.41) is 7.71. The van der Waals surface area contributed by atoms with Crippen molar-refractivity contribution < 1.29 is 4.79 Å². The number of carbonyl (C=O) groups is 1. The molecule has 0 aliphatic carbocycles. The second kappa shape index (κ2) is 4.91. The summed E-state index contributed by atoms with van der Waals surface area (Å²) < 4.78 is 1.79. The second-order valence-corrected chi connectivity index (χ2v) is 4.29. The maximum atomic E-state index is 11.9. The van der Waals surface area contributed by atoms with Gasteiger partial charge >= 0.3 is 0 Å². The van der Waals surface area contributed by atoms with Crippen LogP contribution in [0.15, 0.2) is 36.7 Å². The Morgan fingerprint density at radius 3 is 2.65 bits per heavy atom. The molecule has 0 aliphatic rings. The van der Waals surface area contributed by atoms with Crippen LogP contribution in [0.1, 0.15) is 30.0 Å². The number of nitrogens with zero attached hydrogens (tertiary/aromatic N) is 3. The van der Waals surface area contributed by atoms with Crippen LogP contribution in [-0.2, 0) is 6.54 Å². The summed E-state index contributed by atoms with van der Waals surface area (Å²) in [6.45, 7) is 4.36. The SMILES string of the molecule is CC(C)C(=O)c1nncn1Cc1ccccc1. The van der Waals surface area contributed by atoms with Crippen LogP contribution in [0.4, 0.5) is 0 Å². The molecule has 0 saturated carbocycles. The monoisotopic (exact) mass is 229 g/mol. The van der Waals surface area contributed by atoms with E-state index in [4.69, 9.17) is 0 Å². The average molecular weight is 229 g/mol. The van der Waals surface area contributed by atoms with Gasteiger partial charge in [0, 0.05) is 5.92 Å². The zero-order chi connectivity index (χ0) is 12.3. The highest BCUT2D eigenvalue weighted by molar-refractivity contribution is 5.94. The first kappa shape index (κ1) is 11.5. The highest BCUT2D eigenvalue weighted by Gasteiger charge is 2.17. The average Bonchev–Trinajstić information content (AvgIpc) is 2.77. The van der Waals surface area contributed by atoms with Crippen LogP contribution in [0.5, 0.6) is 0 Å². The van der Waals surface area contributed by atoms with Crippen molar-refractivity contribution in [3.63, 3.8) is 0 Å². The van der Waals surface area contributed by atoms with Crippen molar-refractivity contribution in [2.24, 2.45) is 5.92 Å². The first-order valence-corrected chi connectivity index (χ1v) is 5.64. The number of ketones is 1. The fourth-order valence-electron chi connectivity index (χ4n) is 1.60. The Labute approximate surface area is 100 Å². The molecule has 4 heteroatoms. The Hall–Kier alpha value is -1.97. The van der Waals surface area contributed by atoms with Crippen LogP contribution in [0.2, 0.25) is 0 Å². The van der Waals surface area contributed by atoms with Crippen LogP contribution >= 0.6 is 0 Å². The Balaban J connectivity index is 2.23. The lowest BCUT2D eigenvalue weighted by molar-refractivity contribution is 0.0924. The molecule has 0 aliphatic heterocycles. The maximum absolute atomic E-state index is 11.9. The van der Waals surface area contributed by atoms with E-state index in [1.54, 1.807) is 10.9 Å². The summed E-state index contributed by atoms with van der Waals surface area (Å²) in [5.41, 5.74) is 1.13. The van der Waals surface area contributed by atoms with E-state index >= 15 is 0 Å². The molecule has 17 heavy (non-hydrogen) atoms. The number of carbonyl (C=O) groups excluding carboxylic acids is 1. The third-order valence-electron chi connectivity index (χ3n) is 2.56. The van der Waals surface area contributed by atoms with E-state index in [0.29, 0.717) is 12.4 Å². The van der Waals surface area contributed by atoms with Gasteiger partial charge < -0.3 is 4.57 Å². The van der Waals surface area contributed by atoms with Crippen molar-refractivity contribution in [3.8, 4) is 0 Å². The number of hydrogen-bond donors (Lipinski definition) is 0. The summed E-state index contributed by atoms with van der Waals surface area (Å²) in [7, 11) is 0. The van der Waals surface area contributed by atoms with Crippen molar-refractivity contribution in [3.05, 3.63) is 48.0 Å². The molecule has 0 saturated heterocycles. The van der Waals surface area contributed by atoms with Gasteiger partial charge in [0.2, 0.25) is 11.6 Å². The fraction of sp³-hybridized carbons (Fsp3) is 0.308. The predicted molar refractivity (Wildman–Crippen MR) is 64.7 cm³/mol. The molecule has 0 fully saturated rings. The smallest absolute Gasteiger partial charge is 0.202 e. The summed E-state index contributed by atoms with van der Waals surface area (Å²) in [6.07, 6.45) is 1.60. The van der Waals surface area contributed by atoms with E-state index in [-0.39, 0.29) is 11.7 Å². The van der Waals surface area contributed by atoms with E-state index in [2.05, 4.69) is 10.2 Å². The Bertz CT molecular complexity index is 502. The Kier molecular flexibility index (Phi) is 3.32. The van der Waals surface area contributed by atoms with Crippen molar-refractivity contribution >= 4 is 5.78 Å². The van der Waals surface area contributed by atoms with Crippen LogP contribution in [0.25, 0.3) is 0 Å². The van der Waals surface area contributed by atoms with E-state index in [1.165, 1.54) is 0 Å². The zero-order valence-corrected chi connectivity index (χ0v) is 10.00. The lowest BCUT2D eigenvalue weighted by Crippen LogP contribution is -2.15.